The Hall–Kier alpha value is -0.120. The monoisotopic (exact) mass is 281 g/mol. The molecule has 3 nitrogen and oxygen atoms in total. The van der Waals surface area contributed by atoms with Crippen LogP contribution in [0.2, 0.25) is 0 Å². The van der Waals surface area contributed by atoms with E-state index in [4.69, 9.17) is 5.73 Å². The molecular formula is C17H35N3. The molecule has 1 heterocycles. The minimum absolute atomic E-state index is 0.419. The summed E-state index contributed by atoms with van der Waals surface area (Å²) in [6.07, 6.45) is 2.59. The molecule has 4 atom stereocenters. The average molecular weight is 281 g/mol. The van der Waals surface area contributed by atoms with Crippen LogP contribution in [0.5, 0.6) is 0 Å². The second-order valence-corrected chi connectivity index (χ2v) is 7.88. The van der Waals surface area contributed by atoms with E-state index in [0.29, 0.717) is 12.0 Å². The van der Waals surface area contributed by atoms with Crippen molar-refractivity contribution in [2.24, 2.45) is 29.4 Å². The summed E-state index contributed by atoms with van der Waals surface area (Å²) in [5.41, 5.74) is 6.43. The molecule has 2 N–H and O–H groups in total. The van der Waals surface area contributed by atoms with Crippen LogP contribution in [-0.2, 0) is 0 Å². The number of hydrogen-bond acceptors (Lipinski definition) is 3. The molecule has 1 saturated heterocycles. The van der Waals surface area contributed by atoms with Crippen LogP contribution in [0.4, 0.5) is 0 Å². The summed E-state index contributed by atoms with van der Waals surface area (Å²) in [6, 6.07) is 0.419. The van der Waals surface area contributed by atoms with Crippen molar-refractivity contribution >= 4 is 0 Å². The SMILES string of the molecule is CC(C)CN1CCN(CC2C(C)CC(C)CC2N)CC1. The molecule has 2 fully saturated rings. The van der Waals surface area contributed by atoms with Crippen LogP contribution >= 0.6 is 0 Å². The van der Waals surface area contributed by atoms with Gasteiger partial charge in [0.1, 0.15) is 0 Å². The van der Waals surface area contributed by atoms with Crippen LogP contribution in [0.15, 0.2) is 0 Å². The van der Waals surface area contributed by atoms with Gasteiger partial charge in [-0.2, -0.15) is 0 Å². The minimum Gasteiger partial charge on any atom is -0.327 e. The van der Waals surface area contributed by atoms with Crippen molar-refractivity contribution in [3.05, 3.63) is 0 Å². The molecule has 1 aliphatic heterocycles. The number of nitrogens with two attached hydrogens (primary N) is 1. The molecule has 0 aromatic carbocycles. The van der Waals surface area contributed by atoms with Crippen LogP contribution in [0.1, 0.15) is 40.5 Å². The average Bonchev–Trinajstić information content (AvgIpc) is 2.35. The number of rotatable bonds is 4. The molecule has 0 bridgehead atoms. The molecule has 0 aromatic heterocycles. The molecule has 3 heteroatoms. The molecule has 1 saturated carbocycles. The maximum absolute atomic E-state index is 6.43. The first-order valence-corrected chi connectivity index (χ1v) is 8.66. The van der Waals surface area contributed by atoms with E-state index in [2.05, 4.69) is 37.5 Å². The van der Waals surface area contributed by atoms with Crippen molar-refractivity contribution in [2.45, 2.75) is 46.6 Å². The van der Waals surface area contributed by atoms with Gasteiger partial charge in [0.05, 0.1) is 0 Å². The number of nitrogens with zero attached hydrogens (tertiary/aromatic N) is 2. The predicted octanol–water partition coefficient (Wildman–Crippen LogP) is 2.27. The van der Waals surface area contributed by atoms with Crippen molar-refractivity contribution in [3.63, 3.8) is 0 Å². The minimum atomic E-state index is 0.419. The summed E-state index contributed by atoms with van der Waals surface area (Å²) in [4.78, 5) is 5.28. The van der Waals surface area contributed by atoms with Gasteiger partial charge in [0.25, 0.3) is 0 Å². The zero-order valence-electron chi connectivity index (χ0n) is 14.0. The van der Waals surface area contributed by atoms with Crippen LogP contribution in [0.25, 0.3) is 0 Å². The highest BCUT2D eigenvalue weighted by Crippen LogP contribution is 2.33. The van der Waals surface area contributed by atoms with E-state index in [-0.39, 0.29) is 0 Å². The second-order valence-electron chi connectivity index (χ2n) is 7.88. The third-order valence-electron chi connectivity index (χ3n) is 5.29. The van der Waals surface area contributed by atoms with E-state index in [1.807, 2.05) is 0 Å². The van der Waals surface area contributed by atoms with Gasteiger partial charge >= 0.3 is 0 Å². The Morgan fingerprint density at radius 1 is 1.00 bits per heavy atom. The van der Waals surface area contributed by atoms with Gasteiger partial charge in [0.2, 0.25) is 0 Å². The van der Waals surface area contributed by atoms with Crippen LogP contribution in [0.3, 0.4) is 0 Å². The molecule has 0 spiro atoms. The Balaban J connectivity index is 1.77. The summed E-state index contributed by atoms with van der Waals surface area (Å²) in [5, 5.41) is 0. The van der Waals surface area contributed by atoms with Crippen molar-refractivity contribution in [1.29, 1.82) is 0 Å². The first-order chi connectivity index (χ1) is 9.45. The van der Waals surface area contributed by atoms with E-state index >= 15 is 0 Å². The van der Waals surface area contributed by atoms with Crippen LogP contribution in [0, 0.1) is 23.7 Å². The van der Waals surface area contributed by atoms with Crippen LogP contribution in [-0.4, -0.2) is 55.1 Å². The fourth-order valence-electron chi connectivity index (χ4n) is 4.25. The fourth-order valence-corrected chi connectivity index (χ4v) is 4.25. The van der Waals surface area contributed by atoms with E-state index in [9.17, 15) is 0 Å². The lowest BCUT2D eigenvalue weighted by atomic mass is 9.72. The standard InChI is InChI=1S/C17H35N3/c1-13(2)11-19-5-7-20(8-6-19)12-16-15(4)9-14(3)10-17(16)18/h13-17H,5-12,18H2,1-4H3. The molecule has 4 unspecified atom stereocenters. The molecule has 2 aliphatic rings. The Morgan fingerprint density at radius 2 is 1.60 bits per heavy atom. The van der Waals surface area contributed by atoms with E-state index in [0.717, 1.165) is 17.8 Å². The summed E-state index contributed by atoms with van der Waals surface area (Å²) in [5.74, 6) is 3.11. The fraction of sp³-hybridized carbons (Fsp3) is 1.00. The highest BCUT2D eigenvalue weighted by atomic mass is 15.3. The largest absolute Gasteiger partial charge is 0.327 e. The Labute approximate surface area is 125 Å². The van der Waals surface area contributed by atoms with Gasteiger partial charge < -0.3 is 15.5 Å². The van der Waals surface area contributed by atoms with Gasteiger partial charge in [-0.3, -0.25) is 0 Å². The summed E-state index contributed by atoms with van der Waals surface area (Å²) in [7, 11) is 0. The third-order valence-corrected chi connectivity index (χ3v) is 5.29. The summed E-state index contributed by atoms with van der Waals surface area (Å²) >= 11 is 0. The summed E-state index contributed by atoms with van der Waals surface area (Å²) < 4.78 is 0. The quantitative estimate of drug-likeness (QED) is 0.858. The zero-order valence-corrected chi connectivity index (χ0v) is 14.0. The smallest absolute Gasteiger partial charge is 0.0110 e. The molecule has 1 aliphatic carbocycles. The lowest BCUT2D eigenvalue weighted by Gasteiger charge is -2.43. The molecule has 118 valence electrons. The van der Waals surface area contributed by atoms with Crippen molar-refractivity contribution in [1.82, 2.24) is 9.80 Å². The van der Waals surface area contributed by atoms with Gasteiger partial charge in [-0.05, 0) is 36.5 Å². The lowest BCUT2D eigenvalue weighted by molar-refractivity contribution is 0.0733. The predicted molar refractivity (Wildman–Crippen MR) is 86.7 cm³/mol. The molecular weight excluding hydrogens is 246 g/mol. The maximum Gasteiger partial charge on any atom is 0.0110 e. The second kappa shape index (κ2) is 7.24. The molecule has 0 amide bonds. The highest BCUT2D eigenvalue weighted by Gasteiger charge is 2.33. The molecule has 2 rings (SSSR count). The number of hydrogen-bond donors (Lipinski definition) is 1. The third kappa shape index (κ3) is 4.44. The van der Waals surface area contributed by atoms with E-state index in [1.54, 1.807) is 0 Å². The van der Waals surface area contributed by atoms with Gasteiger partial charge in [-0.1, -0.05) is 27.7 Å². The molecule has 0 radical (unpaired) electrons. The van der Waals surface area contributed by atoms with Crippen LogP contribution < -0.4 is 5.73 Å². The number of piperazine rings is 1. The molecule has 0 aromatic rings. The van der Waals surface area contributed by atoms with Gasteiger partial charge in [-0.15, -0.1) is 0 Å². The van der Waals surface area contributed by atoms with Crippen molar-refractivity contribution in [2.75, 3.05) is 39.3 Å². The first-order valence-electron chi connectivity index (χ1n) is 8.66. The first kappa shape index (κ1) is 16.3. The zero-order chi connectivity index (χ0) is 14.7. The van der Waals surface area contributed by atoms with Crippen molar-refractivity contribution in [3.8, 4) is 0 Å². The van der Waals surface area contributed by atoms with Gasteiger partial charge in [-0.25, -0.2) is 0 Å². The maximum atomic E-state index is 6.43. The van der Waals surface area contributed by atoms with Crippen molar-refractivity contribution < 1.29 is 0 Å². The lowest BCUT2D eigenvalue weighted by Crippen LogP contribution is -2.52. The Morgan fingerprint density at radius 3 is 2.15 bits per heavy atom. The highest BCUT2D eigenvalue weighted by molar-refractivity contribution is 4.88. The van der Waals surface area contributed by atoms with E-state index < -0.39 is 0 Å². The Bertz CT molecular complexity index is 272. The topological polar surface area (TPSA) is 32.5 Å². The van der Waals surface area contributed by atoms with E-state index in [1.165, 1.54) is 52.1 Å². The molecule has 20 heavy (non-hydrogen) atoms. The summed E-state index contributed by atoms with van der Waals surface area (Å²) in [6.45, 7) is 16.8. The normalized spacial score (nSPS) is 37.5. The Kier molecular flexibility index (Phi) is 5.88. The van der Waals surface area contributed by atoms with Gasteiger partial charge in [0, 0.05) is 45.3 Å². The van der Waals surface area contributed by atoms with Gasteiger partial charge in [0.15, 0.2) is 0 Å².